The third-order valence-electron chi connectivity index (χ3n) is 2.39. The topological polar surface area (TPSA) is 29.5 Å². The van der Waals surface area contributed by atoms with E-state index in [2.05, 4.69) is 4.90 Å². The first-order chi connectivity index (χ1) is 7.31. The molecule has 2 rings (SSSR count). The molecule has 84 valence electrons. The van der Waals surface area contributed by atoms with Gasteiger partial charge in [0, 0.05) is 12.3 Å². The molecule has 1 atom stereocenters. The first-order valence-corrected chi connectivity index (χ1v) is 7.24. The molecule has 0 N–H and O–H groups in total. The van der Waals surface area contributed by atoms with Crippen molar-refractivity contribution < 1.29 is 9.53 Å². The minimum atomic E-state index is -0.212. The Hall–Kier alpha value is -0.290. The lowest BCUT2D eigenvalue weighted by atomic mass is 10.4. The Bertz CT molecular complexity index is 281. The van der Waals surface area contributed by atoms with E-state index in [9.17, 15) is 4.79 Å². The average molecular weight is 245 g/mol. The molecule has 3 nitrogen and oxygen atoms in total. The van der Waals surface area contributed by atoms with Crippen molar-refractivity contribution in [2.24, 2.45) is 0 Å². The van der Waals surface area contributed by atoms with Gasteiger partial charge in [0.25, 0.3) is 0 Å². The number of thioether (sulfide) groups is 2. The number of nitrogens with zero attached hydrogens (tertiary/aromatic N) is 1. The molecule has 0 radical (unpaired) electrons. The number of rotatable bonds is 2. The number of ether oxygens (including phenoxy) is 1. The second-order valence-electron chi connectivity index (χ2n) is 3.42. The zero-order chi connectivity index (χ0) is 10.7. The monoisotopic (exact) mass is 245 g/mol. The lowest BCUT2D eigenvalue weighted by Gasteiger charge is -2.30. The summed E-state index contributed by atoms with van der Waals surface area (Å²) < 4.78 is 4.92. The fourth-order valence-electron chi connectivity index (χ4n) is 1.73. The molecule has 0 bridgehead atoms. The molecule has 0 amide bonds. The van der Waals surface area contributed by atoms with Crippen LogP contribution in [-0.4, -0.2) is 40.9 Å². The van der Waals surface area contributed by atoms with E-state index in [0.29, 0.717) is 12.0 Å². The van der Waals surface area contributed by atoms with Crippen LogP contribution in [0, 0.1) is 0 Å². The van der Waals surface area contributed by atoms with Crippen LogP contribution in [0.3, 0.4) is 0 Å². The van der Waals surface area contributed by atoms with Crippen molar-refractivity contribution in [3.63, 3.8) is 0 Å². The van der Waals surface area contributed by atoms with Crippen LogP contribution in [0.25, 0.3) is 0 Å². The Kier molecular flexibility index (Phi) is 3.86. The van der Waals surface area contributed by atoms with Crippen molar-refractivity contribution in [3.8, 4) is 0 Å². The number of fused-ring (bicyclic) bond motifs is 1. The highest BCUT2D eigenvalue weighted by atomic mass is 32.2. The van der Waals surface area contributed by atoms with E-state index in [1.54, 1.807) is 17.8 Å². The molecule has 2 fully saturated rings. The molecule has 0 spiro atoms. The molecule has 15 heavy (non-hydrogen) atoms. The van der Waals surface area contributed by atoms with Gasteiger partial charge in [-0.15, -0.1) is 23.5 Å². The summed E-state index contributed by atoms with van der Waals surface area (Å²) >= 11 is 3.76. The maximum absolute atomic E-state index is 11.3. The second-order valence-corrected chi connectivity index (χ2v) is 5.74. The van der Waals surface area contributed by atoms with Crippen LogP contribution in [0.5, 0.6) is 0 Å². The molecular formula is C10H15NO2S2. The zero-order valence-electron chi connectivity index (χ0n) is 8.77. The Balaban J connectivity index is 2.00. The van der Waals surface area contributed by atoms with Gasteiger partial charge in [-0.25, -0.2) is 4.79 Å². The quantitative estimate of drug-likeness (QED) is 0.547. The lowest BCUT2D eigenvalue weighted by Crippen LogP contribution is -2.32. The molecule has 2 saturated heterocycles. The maximum Gasteiger partial charge on any atom is 0.333 e. The number of hydrogen-bond acceptors (Lipinski definition) is 5. The number of esters is 1. The largest absolute Gasteiger partial charge is 0.463 e. The highest BCUT2D eigenvalue weighted by Gasteiger charge is 2.31. The van der Waals surface area contributed by atoms with Crippen LogP contribution < -0.4 is 0 Å². The fourth-order valence-corrected chi connectivity index (χ4v) is 4.41. The Morgan fingerprint density at radius 3 is 3.40 bits per heavy atom. The van der Waals surface area contributed by atoms with Gasteiger partial charge in [0.15, 0.2) is 0 Å². The van der Waals surface area contributed by atoms with Crippen molar-refractivity contribution in [2.75, 3.05) is 24.7 Å². The van der Waals surface area contributed by atoms with E-state index < -0.39 is 0 Å². The van der Waals surface area contributed by atoms with E-state index in [0.717, 1.165) is 17.3 Å². The van der Waals surface area contributed by atoms with Gasteiger partial charge in [0.1, 0.15) is 0 Å². The van der Waals surface area contributed by atoms with Gasteiger partial charge in [0.05, 0.1) is 23.1 Å². The van der Waals surface area contributed by atoms with Crippen LogP contribution in [0.2, 0.25) is 0 Å². The molecular weight excluding hydrogens is 230 g/mol. The van der Waals surface area contributed by atoms with E-state index in [-0.39, 0.29) is 5.97 Å². The van der Waals surface area contributed by atoms with Gasteiger partial charge in [0.2, 0.25) is 0 Å². The van der Waals surface area contributed by atoms with Crippen molar-refractivity contribution in [1.29, 1.82) is 0 Å². The summed E-state index contributed by atoms with van der Waals surface area (Å²) in [4.78, 5) is 13.7. The highest BCUT2D eigenvalue weighted by molar-refractivity contribution is 8.06. The summed E-state index contributed by atoms with van der Waals surface area (Å²) in [5, 5.41) is 1.66. The van der Waals surface area contributed by atoms with Gasteiger partial charge in [-0.05, 0) is 19.1 Å². The van der Waals surface area contributed by atoms with E-state index >= 15 is 0 Å². The fraction of sp³-hybridized carbons (Fsp3) is 0.700. The van der Waals surface area contributed by atoms with Gasteiger partial charge in [-0.2, -0.15) is 0 Å². The predicted molar refractivity (Wildman–Crippen MR) is 64.7 cm³/mol. The Morgan fingerprint density at radius 2 is 2.60 bits per heavy atom. The normalized spacial score (nSPS) is 27.9. The van der Waals surface area contributed by atoms with E-state index in [1.807, 2.05) is 18.7 Å². The number of carbonyl (C=O) groups is 1. The van der Waals surface area contributed by atoms with Crippen molar-refractivity contribution in [3.05, 3.63) is 11.1 Å². The lowest BCUT2D eigenvalue weighted by molar-refractivity contribution is -0.137. The van der Waals surface area contributed by atoms with Gasteiger partial charge < -0.3 is 9.64 Å². The summed E-state index contributed by atoms with van der Waals surface area (Å²) in [6, 6.07) is 0. The Labute approximate surface area is 98.6 Å². The molecule has 2 aliphatic heterocycles. The predicted octanol–water partition coefficient (Wildman–Crippen LogP) is 1.90. The number of carbonyl (C=O) groups excluding carboxylic acids is 1. The minimum Gasteiger partial charge on any atom is -0.463 e. The van der Waals surface area contributed by atoms with Crippen LogP contribution in [-0.2, 0) is 9.53 Å². The standard InChI is InChI=1S/C10H15NO2S2/c1-2-13-10(12)6-8-11-4-3-5-14-9(11)7-15-8/h6,9H,2-5,7H2,1H3/b8-6-. The van der Waals surface area contributed by atoms with Crippen LogP contribution >= 0.6 is 23.5 Å². The summed E-state index contributed by atoms with van der Waals surface area (Å²) in [5.74, 6) is 2.13. The molecule has 5 heteroatoms. The maximum atomic E-state index is 11.3. The molecule has 2 heterocycles. The van der Waals surface area contributed by atoms with Gasteiger partial charge >= 0.3 is 5.97 Å². The van der Waals surface area contributed by atoms with E-state index in [4.69, 9.17) is 4.74 Å². The third-order valence-corrected chi connectivity index (χ3v) is 5.06. The van der Waals surface area contributed by atoms with Gasteiger partial charge in [-0.3, -0.25) is 0 Å². The molecule has 2 aliphatic rings. The average Bonchev–Trinajstić information content (AvgIpc) is 2.62. The molecule has 0 aromatic carbocycles. The molecule has 1 unspecified atom stereocenters. The Morgan fingerprint density at radius 1 is 1.73 bits per heavy atom. The molecule has 0 aromatic rings. The second kappa shape index (κ2) is 5.16. The third kappa shape index (κ3) is 2.64. The van der Waals surface area contributed by atoms with Crippen molar-refractivity contribution >= 4 is 29.5 Å². The zero-order valence-corrected chi connectivity index (χ0v) is 10.4. The van der Waals surface area contributed by atoms with Crippen LogP contribution in [0.15, 0.2) is 11.1 Å². The van der Waals surface area contributed by atoms with Crippen LogP contribution in [0.1, 0.15) is 13.3 Å². The molecule has 0 aromatic heterocycles. The minimum absolute atomic E-state index is 0.212. The first-order valence-electron chi connectivity index (χ1n) is 5.20. The summed E-state index contributed by atoms with van der Waals surface area (Å²) in [6.07, 6.45) is 2.85. The summed E-state index contributed by atoms with van der Waals surface area (Å²) in [6.45, 7) is 3.36. The van der Waals surface area contributed by atoms with Gasteiger partial charge in [-0.1, -0.05) is 0 Å². The van der Waals surface area contributed by atoms with Crippen molar-refractivity contribution in [1.82, 2.24) is 4.90 Å². The SMILES string of the molecule is CCOC(=O)/C=C1\SCC2SCCCN12. The summed E-state index contributed by atoms with van der Waals surface area (Å²) in [7, 11) is 0. The first kappa shape index (κ1) is 11.2. The number of hydrogen-bond donors (Lipinski definition) is 0. The highest BCUT2D eigenvalue weighted by Crippen LogP contribution is 2.40. The molecule has 0 aliphatic carbocycles. The smallest absolute Gasteiger partial charge is 0.333 e. The van der Waals surface area contributed by atoms with E-state index in [1.165, 1.54) is 12.2 Å². The van der Waals surface area contributed by atoms with Crippen molar-refractivity contribution in [2.45, 2.75) is 18.7 Å². The van der Waals surface area contributed by atoms with Crippen LogP contribution in [0.4, 0.5) is 0 Å². The molecule has 0 saturated carbocycles. The summed E-state index contributed by atoms with van der Waals surface area (Å²) in [5.41, 5.74) is 0.